The number of unbranched alkanes of at least 4 members (excludes halogenated alkanes) is 16. The van der Waals surface area contributed by atoms with Crippen molar-refractivity contribution in [3.63, 3.8) is 0 Å². The molecule has 0 radical (unpaired) electrons. The standard InChI is InChI=1S/C24H43NO5.C17H32O3/c1-5-6-7-8-9-10-11-12-13-14-20(16-22-19(4)23(27)30-22)29-24(28)21(25-17-26)15-18(2)3;1-3-4-5-6-7-8-9-10-11-12-15(18)13-16-14(2)17(19)20-16/h17-22H,5-16H2,1-4H3,(H,25,26);14-16,18H,3-13H2,1-2H3/t19-,20+,21+,22-;14-,15-,16-/m11/s1. The number of nitrogens with one attached hydrogen (secondary N) is 1. The molecule has 0 aromatic rings. The summed E-state index contributed by atoms with van der Waals surface area (Å²) in [5.41, 5.74) is 0. The van der Waals surface area contributed by atoms with Crippen molar-refractivity contribution >= 4 is 24.3 Å². The van der Waals surface area contributed by atoms with E-state index in [1.54, 1.807) is 0 Å². The molecule has 9 heteroatoms. The Hall–Kier alpha value is -2.16. The zero-order chi connectivity index (χ0) is 37.1. The van der Waals surface area contributed by atoms with E-state index in [-0.39, 0.29) is 54.1 Å². The first-order valence-electron chi connectivity index (χ1n) is 20.5. The summed E-state index contributed by atoms with van der Waals surface area (Å²) in [5, 5.41) is 12.5. The fraction of sp³-hybridized carbons (Fsp3) is 0.902. The molecule has 9 nitrogen and oxygen atoms in total. The van der Waals surface area contributed by atoms with E-state index < -0.39 is 12.0 Å². The lowest BCUT2D eigenvalue weighted by molar-refractivity contribution is -0.188. The minimum absolute atomic E-state index is 0.0206. The van der Waals surface area contributed by atoms with Gasteiger partial charge in [-0.1, -0.05) is 137 Å². The first-order chi connectivity index (χ1) is 24.0. The van der Waals surface area contributed by atoms with Crippen molar-refractivity contribution in [2.45, 2.75) is 220 Å². The Balaban J connectivity index is 0.000000542. The van der Waals surface area contributed by atoms with E-state index in [2.05, 4.69) is 19.2 Å². The van der Waals surface area contributed by atoms with Crippen LogP contribution in [0.1, 0.15) is 189 Å². The normalized spacial score (nSPS) is 21.4. The van der Waals surface area contributed by atoms with Crippen molar-refractivity contribution in [3.05, 3.63) is 0 Å². The Kier molecular flexibility index (Phi) is 26.1. The highest BCUT2D eigenvalue weighted by atomic mass is 16.6. The van der Waals surface area contributed by atoms with Gasteiger partial charge in [-0.05, 0) is 45.4 Å². The fourth-order valence-electron chi connectivity index (χ4n) is 6.66. The highest BCUT2D eigenvalue weighted by molar-refractivity contribution is 5.79. The van der Waals surface area contributed by atoms with E-state index in [4.69, 9.17) is 14.2 Å². The molecule has 2 aliphatic heterocycles. The van der Waals surface area contributed by atoms with Gasteiger partial charge in [-0.3, -0.25) is 14.4 Å². The summed E-state index contributed by atoms with van der Waals surface area (Å²) in [7, 11) is 0. The third-order valence-corrected chi connectivity index (χ3v) is 10.2. The van der Waals surface area contributed by atoms with Crippen LogP contribution in [0.15, 0.2) is 0 Å². The van der Waals surface area contributed by atoms with Gasteiger partial charge in [0.05, 0.1) is 17.9 Å². The summed E-state index contributed by atoms with van der Waals surface area (Å²) in [6, 6.07) is -0.630. The van der Waals surface area contributed by atoms with Crippen LogP contribution in [0, 0.1) is 17.8 Å². The molecule has 2 saturated heterocycles. The molecule has 2 heterocycles. The number of hydrogen-bond donors (Lipinski definition) is 2. The monoisotopic (exact) mass is 710 g/mol. The smallest absolute Gasteiger partial charge is 0.328 e. The van der Waals surface area contributed by atoms with Gasteiger partial charge in [0.2, 0.25) is 6.41 Å². The number of aliphatic hydroxyl groups excluding tert-OH is 1. The number of esters is 3. The highest BCUT2D eigenvalue weighted by Gasteiger charge is 2.41. The van der Waals surface area contributed by atoms with Gasteiger partial charge >= 0.3 is 17.9 Å². The number of ether oxygens (including phenoxy) is 3. The third kappa shape index (κ3) is 20.6. The summed E-state index contributed by atoms with van der Waals surface area (Å²) < 4.78 is 16.0. The van der Waals surface area contributed by atoms with Crippen molar-refractivity contribution in [1.82, 2.24) is 5.32 Å². The summed E-state index contributed by atoms with van der Waals surface area (Å²) in [6.45, 7) is 12.2. The SMILES string of the molecule is CCCCCCCCCCC[C@@H](C[C@H]1OC(=O)[C@@H]1C)OC(=O)[C@H](CC(C)C)NC=O.CCCCCCCCCCC[C@@H](O)C[C@H]1OC(=O)[C@@H]1C. The molecule has 0 spiro atoms. The Labute approximate surface area is 305 Å². The molecule has 2 rings (SSSR count). The van der Waals surface area contributed by atoms with Crippen LogP contribution in [0.5, 0.6) is 0 Å². The first-order valence-corrected chi connectivity index (χ1v) is 20.5. The Morgan fingerprint density at radius 3 is 1.54 bits per heavy atom. The third-order valence-electron chi connectivity index (χ3n) is 10.2. The molecule has 292 valence electrons. The van der Waals surface area contributed by atoms with Crippen LogP contribution < -0.4 is 5.32 Å². The van der Waals surface area contributed by atoms with Gasteiger partial charge in [0, 0.05) is 12.8 Å². The summed E-state index contributed by atoms with van der Waals surface area (Å²) in [6.07, 6.45) is 25.8. The van der Waals surface area contributed by atoms with E-state index in [1.807, 2.05) is 27.7 Å². The zero-order valence-corrected chi connectivity index (χ0v) is 32.8. The lowest BCUT2D eigenvalue weighted by atomic mass is 9.92. The van der Waals surface area contributed by atoms with Gasteiger partial charge in [0.15, 0.2) is 0 Å². The maximum atomic E-state index is 12.6. The summed E-state index contributed by atoms with van der Waals surface area (Å²) in [4.78, 5) is 45.9. The largest absolute Gasteiger partial charge is 0.461 e. The number of rotatable bonds is 30. The Morgan fingerprint density at radius 1 is 0.720 bits per heavy atom. The molecule has 7 atom stereocenters. The van der Waals surface area contributed by atoms with Crippen LogP contribution in [-0.4, -0.2) is 59.9 Å². The van der Waals surface area contributed by atoms with Crippen LogP contribution in [0.2, 0.25) is 0 Å². The van der Waals surface area contributed by atoms with Gasteiger partial charge in [0.25, 0.3) is 0 Å². The molecule has 0 aromatic heterocycles. The van der Waals surface area contributed by atoms with Crippen molar-refractivity contribution in [3.8, 4) is 0 Å². The molecule has 2 fully saturated rings. The van der Waals surface area contributed by atoms with Crippen LogP contribution in [0.4, 0.5) is 0 Å². The Bertz CT molecular complexity index is 911. The molecule has 2 aliphatic rings. The number of carbonyl (C=O) groups is 4. The van der Waals surface area contributed by atoms with E-state index in [0.29, 0.717) is 25.7 Å². The summed E-state index contributed by atoms with van der Waals surface area (Å²) in [5.74, 6) is -0.603. The Morgan fingerprint density at radius 2 is 1.14 bits per heavy atom. The predicted octanol–water partition coefficient (Wildman–Crippen LogP) is 9.15. The molecule has 2 N–H and O–H groups in total. The van der Waals surface area contributed by atoms with E-state index >= 15 is 0 Å². The van der Waals surface area contributed by atoms with Crippen LogP contribution in [0.3, 0.4) is 0 Å². The molecule has 0 aromatic carbocycles. The minimum Gasteiger partial charge on any atom is -0.461 e. The van der Waals surface area contributed by atoms with E-state index in [9.17, 15) is 24.3 Å². The average molecular weight is 710 g/mol. The maximum absolute atomic E-state index is 12.6. The van der Waals surface area contributed by atoms with Gasteiger partial charge in [-0.25, -0.2) is 4.79 Å². The molecular formula is C41H75NO8. The van der Waals surface area contributed by atoms with Crippen molar-refractivity contribution < 1.29 is 38.5 Å². The zero-order valence-electron chi connectivity index (χ0n) is 32.8. The second-order valence-corrected chi connectivity index (χ2v) is 15.4. The van der Waals surface area contributed by atoms with Gasteiger partial charge in [-0.15, -0.1) is 0 Å². The number of carbonyl (C=O) groups excluding carboxylic acids is 4. The molecular weight excluding hydrogens is 634 g/mol. The maximum Gasteiger partial charge on any atom is 0.328 e. The van der Waals surface area contributed by atoms with Gasteiger partial charge in [0.1, 0.15) is 24.4 Å². The topological polar surface area (TPSA) is 128 Å². The highest BCUT2D eigenvalue weighted by Crippen LogP contribution is 2.29. The van der Waals surface area contributed by atoms with Crippen LogP contribution in [0.25, 0.3) is 0 Å². The molecule has 0 saturated carbocycles. The van der Waals surface area contributed by atoms with E-state index in [0.717, 1.165) is 32.1 Å². The second-order valence-electron chi connectivity index (χ2n) is 15.4. The quantitative estimate of drug-likeness (QED) is 0.0327. The molecule has 0 unspecified atom stereocenters. The first kappa shape index (κ1) is 45.9. The molecule has 0 bridgehead atoms. The number of amides is 1. The van der Waals surface area contributed by atoms with Crippen molar-refractivity contribution in [1.29, 1.82) is 0 Å². The van der Waals surface area contributed by atoms with Crippen molar-refractivity contribution in [2.75, 3.05) is 0 Å². The number of aliphatic hydroxyl groups is 1. The molecule has 50 heavy (non-hydrogen) atoms. The van der Waals surface area contributed by atoms with Crippen molar-refractivity contribution in [2.24, 2.45) is 17.8 Å². The van der Waals surface area contributed by atoms with Crippen LogP contribution in [-0.2, 0) is 33.4 Å². The number of hydrogen-bond acceptors (Lipinski definition) is 8. The minimum atomic E-state index is -0.630. The predicted molar refractivity (Wildman–Crippen MR) is 199 cm³/mol. The van der Waals surface area contributed by atoms with Crippen LogP contribution >= 0.6 is 0 Å². The number of cyclic esters (lactones) is 2. The average Bonchev–Trinajstić information content (AvgIpc) is 3.09. The van der Waals surface area contributed by atoms with Gasteiger partial charge in [-0.2, -0.15) is 0 Å². The lowest BCUT2D eigenvalue weighted by Gasteiger charge is -2.35. The molecule has 1 amide bonds. The van der Waals surface area contributed by atoms with Gasteiger partial charge < -0.3 is 24.6 Å². The summed E-state index contributed by atoms with van der Waals surface area (Å²) >= 11 is 0. The lowest BCUT2D eigenvalue weighted by Crippen LogP contribution is -2.46. The second kappa shape index (κ2) is 28.4. The van der Waals surface area contributed by atoms with E-state index in [1.165, 1.54) is 96.3 Å². The molecule has 0 aliphatic carbocycles. The fourth-order valence-corrected chi connectivity index (χ4v) is 6.66.